The lowest BCUT2D eigenvalue weighted by molar-refractivity contribution is -0.136. The molecule has 1 saturated carbocycles. The number of aryl methyl sites for hydroxylation is 1. The molecule has 0 spiro atoms. The molecule has 2 fully saturated rings. The van der Waals surface area contributed by atoms with Gasteiger partial charge < -0.3 is 4.57 Å². The van der Waals surface area contributed by atoms with Crippen LogP contribution in [0.5, 0.6) is 0 Å². The van der Waals surface area contributed by atoms with Crippen molar-refractivity contribution in [1.29, 1.82) is 0 Å². The molecule has 4 heterocycles. The average molecular weight is 581 g/mol. The van der Waals surface area contributed by atoms with Gasteiger partial charge in [0.2, 0.25) is 0 Å². The number of pyridine rings is 1. The summed E-state index contributed by atoms with van der Waals surface area (Å²) in [4.78, 5) is 15.9. The van der Waals surface area contributed by atoms with E-state index >= 15 is 0 Å². The lowest BCUT2D eigenvalue weighted by Gasteiger charge is -2.35. The zero-order chi connectivity index (χ0) is 29.8. The molecule has 0 amide bonds. The summed E-state index contributed by atoms with van der Waals surface area (Å²) in [5.74, 6) is 2.24. The summed E-state index contributed by atoms with van der Waals surface area (Å²) >= 11 is 0. The fourth-order valence-corrected chi connectivity index (χ4v) is 7.44. The largest absolute Gasteiger partial charge is 0.418 e. The third-order valence-corrected chi connectivity index (χ3v) is 9.69. The van der Waals surface area contributed by atoms with Gasteiger partial charge in [-0.1, -0.05) is 32.4 Å². The smallest absolute Gasteiger partial charge is 0.320 e. The molecule has 1 aliphatic heterocycles. The Hall–Kier alpha value is -3.40. The monoisotopic (exact) mass is 580 g/mol. The second-order valence-corrected chi connectivity index (χ2v) is 12.9. The van der Waals surface area contributed by atoms with Crippen molar-refractivity contribution in [3.63, 3.8) is 0 Å². The molecule has 4 aromatic rings. The normalized spacial score (nSPS) is 23.5. The number of benzene rings is 1. The second kappa shape index (κ2) is 10.7. The molecular formula is C32H39F3N6O. The van der Waals surface area contributed by atoms with Crippen LogP contribution in [-0.2, 0) is 25.2 Å². The van der Waals surface area contributed by atoms with Crippen molar-refractivity contribution in [1.82, 2.24) is 28.6 Å². The number of fused-ring (bicyclic) bond motifs is 1. The van der Waals surface area contributed by atoms with E-state index in [0.717, 1.165) is 56.6 Å². The van der Waals surface area contributed by atoms with Crippen LogP contribution in [0, 0.1) is 17.8 Å². The van der Waals surface area contributed by atoms with E-state index in [2.05, 4.69) is 35.9 Å². The van der Waals surface area contributed by atoms with Gasteiger partial charge >= 0.3 is 11.9 Å². The number of halogens is 3. The van der Waals surface area contributed by atoms with Crippen LogP contribution in [0.2, 0.25) is 0 Å². The van der Waals surface area contributed by atoms with Crippen LogP contribution in [0.15, 0.2) is 53.8 Å². The topological polar surface area (TPSA) is 60.4 Å². The molecule has 224 valence electrons. The molecule has 0 radical (unpaired) electrons. The number of rotatable bonds is 6. The summed E-state index contributed by atoms with van der Waals surface area (Å²) in [6.45, 7) is 8.67. The first-order chi connectivity index (χ1) is 19.9. The zero-order valence-electron chi connectivity index (χ0n) is 24.7. The molecule has 0 N–H and O–H groups in total. The van der Waals surface area contributed by atoms with Crippen LogP contribution in [0.4, 0.5) is 13.2 Å². The summed E-state index contributed by atoms with van der Waals surface area (Å²) in [6, 6.07) is 8.83. The van der Waals surface area contributed by atoms with Gasteiger partial charge in [-0.3, -0.25) is 13.9 Å². The number of piperidine rings is 1. The van der Waals surface area contributed by atoms with Gasteiger partial charge in [0.1, 0.15) is 12.2 Å². The molecule has 1 aromatic carbocycles. The van der Waals surface area contributed by atoms with Crippen LogP contribution < -0.4 is 5.69 Å². The van der Waals surface area contributed by atoms with Gasteiger partial charge in [0.25, 0.3) is 0 Å². The molecule has 0 unspecified atom stereocenters. The summed E-state index contributed by atoms with van der Waals surface area (Å²) in [5, 5.41) is 8.66. The van der Waals surface area contributed by atoms with Gasteiger partial charge in [-0.2, -0.15) is 13.2 Å². The van der Waals surface area contributed by atoms with E-state index in [1.807, 2.05) is 29.8 Å². The Morgan fingerprint density at radius 2 is 1.86 bits per heavy atom. The predicted molar refractivity (Wildman–Crippen MR) is 156 cm³/mol. The molecule has 6 rings (SSSR count). The maximum Gasteiger partial charge on any atom is 0.418 e. The molecule has 3 aromatic heterocycles. The van der Waals surface area contributed by atoms with Crippen molar-refractivity contribution in [2.75, 3.05) is 13.1 Å². The van der Waals surface area contributed by atoms with Crippen molar-refractivity contribution in [3.8, 4) is 5.69 Å². The fourth-order valence-electron chi connectivity index (χ4n) is 7.44. The number of hydrogen-bond acceptors (Lipinski definition) is 4. The minimum Gasteiger partial charge on any atom is -0.320 e. The molecule has 0 bridgehead atoms. The Balaban J connectivity index is 1.45. The minimum atomic E-state index is -4.60. The summed E-state index contributed by atoms with van der Waals surface area (Å²) in [5.41, 5.74) is 0.0489. The maximum absolute atomic E-state index is 14.3. The lowest BCUT2D eigenvalue weighted by Crippen LogP contribution is -2.35. The van der Waals surface area contributed by atoms with Crippen LogP contribution in [-0.4, -0.2) is 41.7 Å². The van der Waals surface area contributed by atoms with Crippen LogP contribution in [0.1, 0.15) is 75.4 Å². The van der Waals surface area contributed by atoms with Gasteiger partial charge in [-0.05, 0) is 86.2 Å². The van der Waals surface area contributed by atoms with Gasteiger partial charge in [0.05, 0.1) is 22.2 Å². The van der Waals surface area contributed by atoms with Crippen molar-refractivity contribution < 1.29 is 13.2 Å². The number of imidazole rings is 1. The van der Waals surface area contributed by atoms with Crippen molar-refractivity contribution in [3.05, 3.63) is 82.1 Å². The van der Waals surface area contributed by atoms with Crippen molar-refractivity contribution in [2.45, 2.75) is 71.0 Å². The lowest BCUT2D eigenvalue weighted by atomic mass is 9.69. The van der Waals surface area contributed by atoms with Crippen molar-refractivity contribution >= 4 is 5.52 Å². The fraction of sp³-hybridized carbons (Fsp3) is 0.531. The van der Waals surface area contributed by atoms with E-state index < -0.39 is 22.8 Å². The van der Waals surface area contributed by atoms with E-state index in [4.69, 9.17) is 0 Å². The summed E-state index contributed by atoms with van der Waals surface area (Å²) < 4.78 is 47.5. The predicted octanol–water partition coefficient (Wildman–Crippen LogP) is 6.21. The third-order valence-electron chi connectivity index (χ3n) is 9.69. The molecule has 1 aliphatic carbocycles. The van der Waals surface area contributed by atoms with Gasteiger partial charge in [-0.25, -0.2) is 4.79 Å². The number of nitrogens with zero attached hydrogens (tertiary/aromatic N) is 6. The quantitative estimate of drug-likeness (QED) is 0.272. The molecule has 2 aliphatic rings. The Labute approximate surface area is 244 Å². The molecule has 1 saturated heterocycles. The van der Waals surface area contributed by atoms with Gasteiger partial charge in [-0.15, -0.1) is 10.2 Å². The molecule has 42 heavy (non-hydrogen) atoms. The Morgan fingerprint density at radius 1 is 1.05 bits per heavy atom. The number of hydrogen-bond donors (Lipinski definition) is 0. The second-order valence-electron chi connectivity index (χ2n) is 12.9. The highest BCUT2D eigenvalue weighted by Crippen LogP contribution is 2.47. The zero-order valence-corrected chi connectivity index (χ0v) is 24.7. The molecular weight excluding hydrogens is 541 g/mol. The van der Waals surface area contributed by atoms with Crippen LogP contribution >= 0.6 is 0 Å². The Bertz CT molecular complexity index is 1650. The summed E-state index contributed by atoms with van der Waals surface area (Å²) in [6.07, 6.45) is 5.36. The van der Waals surface area contributed by atoms with E-state index in [0.29, 0.717) is 35.5 Å². The SMILES string of the molecule is C[C@H]1CC[C@@H]([C@@](C)(c2cccc(-n3cc4c(C(F)(F)F)cc(CN5CCC[C@H](C)C5)cn4c3=O)c2)c2nncn2C)C1. The number of aromatic nitrogens is 5. The Kier molecular flexibility index (Phi) is 7.32. The molecule has 10 heteroatoms. The first-order valence-corrected chi connectivity index (χ1v) is 15.0. The standard InChI is InChI=1S/C32H39F3N6O/c1-21-10-11-25(13-21)31(3,29-37-36-20-38(29)4)24-8-5-9-26(15-24)40-19-28-27(32(33,34)35)14-23(18-41(28)30(40)42)17-39-12-6-7-22(2)16-39/h5,8-9,14-15,18-22,25H,6-7,10-13,16-17H2,1-4H3/t21-,22-,25+,31+/m0/s1. The maximum atomic E-state index is 14.3. The third kappa shape index (κ3) is 5.08. The number of likely N-dealkylation sites (tertiary alicyclic amines) is 1. The van der Waals surface area contributed by atoms with E-state index in [1.165, 1.54) is 21.2 Å². The summed E-state index contributed by atoms with van der Waals surface area (Å²) in [7, 11) is 1.93. The molecule has 7 nitrogen and oxygen atoms in total. The first kappa shape index (κ1) is 28.7. The van der Waals surface area contributed by atoms with E-state index in [1.54, 1.807) is 18.6 Å². The van der Waals surface area contributed by atoms with Gasteiger partial charge in [0.15, 0.2) is 0 Å². The van der Waals surface area contributed by atoms with Crippen LogP contribution in [0.25, 0.3) is 11.2 Å². The van der Waals surface area contributed by atoms with Crippen LogP contribution in [0.3, 0.4) is 0 Å². The highest BCUT2D eigenvalue weighted by molar-refractivity contribution is 5.58. The van der Waals surface area contributed by atoms with E-state index in [-0.39, 0.29) is 5.52 Å². The Morgan fingerprint density at radius 3 is 2.52 bits per heavy atom. The highest BCUT2D eigenvalue weighted by Gasteiger charge is 2.44. The van der Waals surface area contributed by atoms with Gasteiger partial charge in [0, 0.05) is 32.5 Å². The average Bonchev–Trinajstić information content (AvgIpc) is 3.67. The number of alkyl halides is 3. The minimum absolute atomic E-state index is 0.144. The first-order valence-electron chi connectivity index (χ1n) is 15.0. The highest BCUT2D eigenvalue weighted by atomic mass is 19.4. The van der Waals surface area contributed by atoms with Crippen molar-refractivity contribution in [2.24, 2.45) is 24.8 Å². The molecule has 4 atom stereocenters. The van der Waals surface area contributed by atoms with E-state index in [9.17, 15) is 18.0 Å².